The molecule has 1 amide bonds. The second-order valence-corrected chi connectivity index (χ2v) is 3.47. The van der Waals surface area contributed by atoms with Crippen LogP contribution in [0.4, 0.5) is 0 Å². The lowest BCUT2D eigenvalue weighted by atomic mass is 10.0. The minimum Gasteiger partial charge on any atom is -0.493 e. The second-order valence-electron chi connectivity index (χ2n) is 3.47. The monoisotopic (exact) mass is 206 g/mol. The Balaban J connectivity index is 2.43. The molecule has 0 aliphatic carbocycles. The molecule has 1 aromatic carbocycles. The first kappa shape index (κ1) is 11.6. The van der Waals surface area contributed by atoms with Crippen molar-refractivity contribution in [2.45, 2.75) is 19.8 Å². The van der Waals surface area contributed by atoms with Crippen molar-refractivity contribution in [3.05, 3.63) is 30.3 Å². The van der Waals surface area contributed by atoms with Gasteiger partial charge in [-0.2, -0.15) is 0 Å². The number of amides is 1. The summed E-state index contributed by atoms with van der Waals surface area (Å²) in [6, 6.07) is 9.36. The van der Waals surface area contributed by atoms with Crippen molar-refractivity contribution in [3.8, 4) is 5.75 Å². The molecule has 1 atom stereocenters. The van der Waals surface area contributed by atoms with Crippen molar-refractivity contribution in [1.82, 2.24) is 5.73 Å². The molecule has 0 fully saturated rings. The Bertz CT molecular complexity index is 298. The standard InChI is InChI=1S/C12H16NO2/c1-2-6-10(12(13)14)9-15-11-7-4-3-5-8-11/h3-5,7-8,10,13H,2,6,9H2,1H3. The molecule has 1 aromatic rings. The molecule has 1 radical (unpaired) electrons. The lowest BCUT2D eigenvalue weighted by Gasteiger charge is -2.12. The first-order chi connectivity index (χ1) is 7.24. The van der Waals surface area contributed by atoms with Crippen LogP contribution in [0.15, 0.2) is 30.3 Å². The SMILES string of the molecule is CCCC(COc1ccccc1)C([NH])=O. The lowest BCUT2D eigenvalue weighted by Crippen LogP contribution is -2.22. The quantitative estimate of drug-likeness (QED) is 0.717. The highest BCUT2D eigenvalue weighted by molar-refractivity contribution is 5.75. The summed E-state index contributed by atoms with van der Waals surface area (Å²) in [5, 5.41) is 0. The van der Waals surface area contributed by atoms with Crippen LogP contribution in [-0.2, 0) is 4.79 Å². The van der Waals surface area contributed by atoms with Gasteiger partial charge < -0.3 is 4.74 Å². The van der Waals surface area contributed by atoms with Crippen molar-refractivity contribution in [2.24, 2.45) is 5.92 Å². The Morgan fingerprint density at radius 1 is 1.40 bits per heavy atom. The van der Waals surface area contributed by atoms with Gasteiger partial charge in [-0.05, 0) is 18.6 Å². The Hall–Kier alpha value is -1.51. The van der Waals surface area contributed by atoms with Crippen molar-refractivity contribution >= 4 is 5.91 Å². The first-order valence-corrected chi connectivity index (χ1v) is 5.17. The van der Waals surface area contributed by atoms with Gasteiger partial charge in [0.25, 0.3) is 0 Å². The average molecular weight is 206 g/mol. The average Bonchev–Trinajstić information content (AvgIpc) is 2.25. The third kappa shape index (κ3) is 4.02. The number of carbonyl (C=O) groups is 1. The maximum atomic E-state index is 10.9. The number of ether oxygens (including phenoxy) is 1. The molecule has 0 bridgehead atoms. The molecule has 81 valence electrons. The van der Waals surface area contributed by atoms with Gasteiger partial charge in [0.05, 0.1) is 12.5 Å². The van der Waals surface area contributed by atoms with Gasteiger partial charge in [0.2, 0.25) is 5.91 Å². The van der Waals surface area contributed by atoms with Gasteiger partial charge in [0.1, 0.15) is 5.75 Å². The molecule has 1 rings (SSSR count). The van der Waals surface area contributed by atoms with Crippen LogP contribution in [0.5, 0.6) is 5.75 Å². The maximum absolute atomic E-state index is 10.9. The molecule has 0 aliphatic rings. The van der Waals surface area contributed by atoms with Crippen molar-refractivity contribution in [1.29, 1.82) is 0 Å². The molecule has 3 heteroatoms. The number of carbonyl (C=O) groups excluding carboxylic acids is 1. The summed E-state index contributed by atoms with van der Waals surface area (Å²) in [7, 11) is 0. The van der Waals surface area contributed by atoms with E-state index in [-0.39, 0.29) is 5.92 Å². The van der Waals surface area contributed by atoms with Crippen LogP contribution >= 0.6 is 0 Å². The Morgan fingerprint density at radius 3 is 2.60 bits per heavy atom. The maximum Gasteiger partial charge on any atom is 0.244 e. The highest BCUT2D eigenvalue weighted by Gasteiger charge is 2.15. The third-order valence-corrected chi connectivity index (χ3v) is 2.20. The molecule has 1 N–H and O–H groups in total. The van der Waals surface area contributed by atoms with E-state index in [2.05, 4.69) is 0 Å². The highest BCUT2D eigenvalue weighted by Crippen LogP contribution is 2.12. The molecule has 1 unspecified atom stereocenters. The number of rotatable bonds is 6. The number of hydrogen-bond donors (Lipinski definition) is 0. The number of para-hydroxylation sites is 1. The molecule has 0 aliphatic heterocycles. The zero-order valence-corrected chi connectivity index (χ0v) is 8.90. The van der Waals surface area contributed by atoms with E-state index in [0.717, 1.165) is 18.6 Å². The molecule has 0 spiro atoms. The zero-order chi connectivity index (χ0) is 11.1. The number of hydrogen-bond acceptors (Lipinski definition) is 2. The van der Waals surface area contributed by atoms with Crippen LogP contribution in [0.25, 0.3) is 0 Å². The lowest BCUT2D eigenvalue weighted by molar-refractivity contribution is -0.123. The summed E-state index contributed by atoms with van der Waals surface area (Å²) in [5.74, 6) is -0.0807. The van der Waals surface area contributed by atoms with Crippen molar-refractivity contribution < 1.29 is 9.53 Å². The Labute approximate surface area is 90.2 Å². The topological polar surface area (TPSA) is 50.1 Å². The van der Waals surface area contributed by atoms with Gasteiger partial charge in [0, 0.05) is 0 Å². The Morgan fingerprint density at radius 2 is 2.07 bits per heavy atom. The molecule has 3 nitrogen and oxygen atoms in total. The van der Waals surface area contributed by atoms with E-state index in [4.69, 9.17) is 10.5 Å². The van der Waals surface area contributed by atoms with Crippen LogP contribution in [0, 0.1) is 5.92 Å². The molecular weight excluding hydrogens is 190 g/mol. The molecule has 15 heavy (non-hydrogen) atoms. The van der Waals surface area contributed by atoms with Crippen LogP contribution < -0.4 is 10.5 Å². The van der Waals surface area contributed by atoms with E-state index in [1.54, 1.807) is 0 Å². The summed E-state index contributed by atoms with van der Waals surface area (Å²) >= 11 is 0. The van der Waals surface area contributed by atoms with Gasteiger partial charge in [-0.25, -0.2) is 0 Å². The van der Waals surface area contributed by atoms with E-state index >= 15 is 0 Å². The molecule has 0 saturated heterocycles. The smallest absolute Gasteiger partial charge is 0.244 e. The predicted molar refractivity (Wildman–Crippen MR) is 58.4 cm³/mol. The summed E-state index contributed by atoms with van der Waals surface area (Å²) in [6.07, 6.45) is 1.61. The van der Waals surface area contributed by atoms with E-state index in [1.807, 2.05) is 37.3 Å². The fourth-order valence-electron chi connectivity index (χ4n) is 1.35. The minimum atomic E-state index is -0.534. The van der Waals surface area contributed by atoms with E-state index in [1.165, 1.54) is 0 Å². The normalized spacial score (nSPS) is 12.1. The molecular formula is C12H16NO2. The van der Waals surface area contributed by atoms with Crippen molar-refractivity contribution in [2.75, 3.05) is 6.61 Å². The summed E-state index contributed by atoms with van der Waals surface area (Å²) in [4.78, 5) is 10.9. The third-order valence-electron chi connectivity index (χ3n) is 2.20. The van der Waals surface area contributed by atoms with Crippen LogP contribution in [-0.4, -0.2) is 12.5 Å². The summed E-state index contributed by atoms with van der Waals surface area (Å²) < 4.78 is 5.44. The zero-order valence-electron chi connectivity index (χ0n) is 8.90. The molecule has 0 saturated carbocycles. The largest absolute Gasteiger partial charge is 0.493 e. The van der Waals surface area contributed by atoms with Gasteiger partial charge in [-0.1, -0.05) is 31.5 Å². The van der Waals surface area contributed by atoms with E-state index in [0.29, 0.717) is 6.61 Å². The predicted octanol–water partition coefficient (Wildman–Crippen LogP) is 2.29. The van der Waals surface area contributed by atoms with Crippen LogP contribution in [0.3, 0.4) is 0 Å². The van der Waals surface area contributed by atoms with E-state index in [9.17, 15) is 4.79 Å². The number of nitrogens with one attached hydrogen (secondary N) is 1. The number of benzene rings is 1. The van der Waals surface area contributed by atoms with Crippen molar-refractivity contribution in [3.63, 3.8) is 0 Å². The van der Waals surface area contributed by atoms with Gasteiger partial charge >= 0.3 is 0 Å². The molecule has 0 heterocycles. The van der Waals surface area contributed by atoms with E-state index < -0.39 is 5.91 Å². The van der Waals surface area contributed by atoms with Gasteiger partial charge in [-0.3, -0.25) is 10.5 Å². The van der Waals surface area contributed by atoms with Gasteiger partial charge in [0.15, 0.2) is 0 Å². The minimum absolute atomic E-state index is 0.296. The van der Waals surface area contributed by atoms with Crippen LogP contribution in [0.1, 0.15) is 19.8 Å². The molecule has 0 aromatic heterocycles. The van der Waals surface area contributed by atoms with Gasteiger partial charge in [-0.15, -0.1) is 0 Å². The fourth-order valence-corrected chi connectivity index (χ4v) is 1.35. The fraction of sp³-hybridized carbons (Fsp3) is 0.417. The summed E-state index contributed by atoms with van der Waals surface area (Å²) in [6.45, 7) is 2.30. The summed E-state index contributed by atoms with van der Waals surface area (Å²) in [5.41, 5.74) is 7.09. The Kier molecular flexibility index (Phi) is 4.68. The first-order valence-electron chi connectivity index (χ1n) is 5.17. The van der Waals surface area contributed by atoms with Crippen LogP contribution in [0.2, 0.25) is 0 Å². The highest BCUT2D eigenvalue weighted by atomic mass is 16.5. The second kappa shape index (κ2) is 6.06.